The number of benzene rings is 3. The number of nitrogen functional groups attached to an aromatic ring is 1. The number of ether oxygens (including phenoxy) is 1. The van der Waals surface area contributed by atoms with Crippen LogP contribution in [0.1, 0.15) is 31.2 Å². The number of urea groups is 1. The Morgan fingerprint density at radius 1 is 0.907 bits per heavy atom. The Morgan fingerprint density at radius 2 is 1.58 bits per heavy atom. The van der Waals surface area contributed by atoms with Gasteiger partial charge in [0.1, 0.15) is 17.5 Å². The molecule has 10 nitrogen and oxygen atoms in total. The highest BCUT2D eigenvalue weighted by atomic mass is 32.2. The van der Waals surface area contributed by atoms with Crippen molar-refractivity contribution in [1.82, 2.24) is 14.2 Å². The van der Waals surface area contributed by atoms with Gasteiger partial charge in [0.15, 0.2) is 0 Å². The Morgan fingerprint density at radius 3 is 2.30 bits per heavy atom. The summed E-state index contributed by atoms with van der Waals surface area (Å²) in [6.07, 6.45) is 5.49. The minimum atomic E-state index is -4.39. The molecule has 0 spiro atoms. The maximum Gasteiger partial charge on any atom is 0.341 e. The summed E-state index contributed by atoms with van der Waals surface area (Å²) < 4.78 is 34.8. The first-order valence-electron chi connectivity index (χ1n) is 14.5. The van der Waals surface area contributed by atoms with Crippen LogP contribution in [0.2, 0.25) is 0 Å². The number of imide groups is 1. The molecule has 3 atom stereocenters. The molecule has 224 valence electrons. The number of aromatic nitrogens is 1. The standard InChI is InChI=1S/C32H35N5O5S/c33-18-21-4-3-5-22(16-21)20-36-31(38)30(17-23-19-35-29-7-2-1-6-28(23)29)37(32(36)39)43(40,41)27-14-12-26(13-15-27)42-25-10-8-24(34)9-11-25/h1-2,6-15,19,21-22,30,35H,3-5,16-18,20,33-34H2. The molecule has 43 heavy (non-hydrogen) atoms. The molecule has 2 fully saturated rings. The normalized spacial score (nSPS) is 21.1. The van der Waals surface area contributed by atoms with Crippen molar-refractivity contribution in [2.24, 2.45) is 17.6 Å². The maximum absolute atomic E-state index is 14.1. The summed E-state index contributed by atoms with van der Waals surface area (Å²) in [5, 5.41) is 0.876. The van der Waals surface area contributed by atoms with Gasteiger partial charge in [-0.05, 0) is 97.8 Å². The van der Waals surface area contributed by atoms with Gasteiger partial charge in [-0.15, -0.1) is 0 Å². The van der Waals surface area contributed by atoms with E-state index in [2.05, 4.69) is 4.98 Å². The number of para-hydroxylation sites is 1. The number of rotatable bonds is 9. The van der Waals surface area contributed by atoms with Crippen LogP contribution in [0.15, 0.2) is 83.9 Å². The van der Waals surface area contributed by atoms with E-state index in [4.69, 9.17) is 16.2 Å². The summed E-state index contributed by atoms with van der Waals surface area (Å²) in [7, 11) is -4.39. The number of carbonyl (C=O) groups is 2. The van der Waals surface area contributed by atoms with Gasteiger partial charge in [0.05, 0.1) is 4.90 Å². The zero-order valence-corrected chi connectivity index (χ0v) is 24.5. The number of H-pyrrole nitrogens is 1. The van der Waals surface area contributed by atoms with Crippen molar-refractivity contribution in [2.45, 2.75) is 43.0 Å². The van der Waals surface area contributed by atoms with Crippen molar-refractivity contribution >= 4 is 38.6 Å². The van der Waals surface area contributed by atoms with Crippen LogP contribution < -0.4 is 16.2 Å². The van der Waals surface area contributed by atoms with Gasteiger partial charge < -0.3 is 21.2 Å². The lowest BCUT2D eigenvalue weighted by Gasteiger charge is -2.30. The Bertz CT molecular complexity index is 1740. The van der Waals surface area contributed by atoms with E-state index in [0.717, 1.165) is 51.4 Å². The summed E-state index contributed by atoms with van der Waals surface area (Å²) in [6.45, 7) is 0.735. The number of nitrogens with one attached hydrogen (secondary N) is 1. The molecule has 1 aromatic heterocycles. The van der Waals surface area contributed by atoms with E-state index in [0.29, 0.717) is 29.6 Å². The van der Waals surface area contributed by atoms with Crippen LogP contribution in [0.5, 0.6) is 11.5 Å². The molecular weight excluding hydrogens is 566 g/mol. The number of fused-ring (bicyclic) bond motifs is 1. The topological polar surface area (TPSA) is 152 Å². The first kappa shape index (κ1) is 28.8. The summed E-state index contributed by atoms with van der Waals surface area (Å²) in [6, 6.07) is 18.2. The van der Waals surface area contributed by atoms with E-state index >= 15 is 0 Å². The predicted molar refractivity (Wildman–Crippen MR) is 164 cm³/mol. The maximum atomic E-state index is 14.1. The van der Waals surface area contributed by atoms with E-state index in [1.165, 1.54) is 24.3 Å². The molecular formula is C32H35N5O5S. The number of sulfonamides is 1. The van der Waals surface area contributed by atoms with Gasteiger partial charge in [0.25, 0.3) is 15.9 Å². The van der Waals surface area contributed by atoms with Gasteiger partial charge in [-0.25, -0.2) is 17.5 Å². The highest BCUT2D eigenvalue weighted by Gasteiger charge is 2.52. The molecule has 1 aliphatic carbocycles. The van der Waals surface area contributed by atoms with Crippen LogP contribution >= 0.6 is 0 Å². The second-order valence-corrected chi connectivity index (χ2v) is 13.2. The molecule has 11 heteroatoms. The average Bonchev–Trinajstić information content (AvgIpc) is 3.53. The number of anilines is 1. The quantitative estimate of drug-likeness (QED) is 0.183. The highest BCUT2D eigenvalue weighted by molar-refractivity contribution is 7.89. The number of nitrogens with two attached hydrogens (primary N) is 2. The SMILES string of the molecule is NCC1CCCC(CN2C(=O)C(Cc3c[nH]c4ccccc34)N(S(=O)(=O)c3ccc(Oc4ccc(N)cc4)cc3)C2=O)C1. The molecule has 3 amide bonds. The van der Waals surface area contributed by atoms with Gasteiger partial charge >= 0.3 is 6.03 Å². The van der Waals surface area contributed by atoms with Crippen molar-refractivity contribution in [3.05, 3.63) is 84.6 Å². The fourth-order valence-corrected chi connectivity index (χ4v) is 7.76. The van der Waals surface area contributed by atoms with E-state index in [1.807, 2.05) is 24.3 Å². The first-order chi connectivity index (χ1) is 20.7. The second-order valence-electron chi connectivity index (χ2n) is 11.4. The number of carbonyl (C=O) groups excluding carboxylic acids is 2. The fraction of sp³-hybridized carbons (Fsp3) is 0.312. The van der Waals surface area contributed by atoms with E-state index in [9.17, 15) is 18.0 Å². The second kappa shape index (κ2) is 11.7. The average molecular weight is 602 g/mol. The van der Waals surface area contributed by atoms with Gasteiger partial charge in [0.2, 0.25) is 0 Å². The monoisotopic (exact) mass is 601 g/mol. The number of hydrogen-bond donors (Lipinski definition) is 3. The van der Waals surface area contributed by atoms with Crippen molar-refractivity contribution in [3.63, 3.8) is 0 Å². The Kier molecular flexibility index (Phi) is 7.85. The summed E-state index contributed by atoms with van der Waals surface area (Å²) in [5.74, 6) is 0.867. The third kappa shape index (κ3) is 5.70. The zero-order valence-electron chi connectivity index (χ0n) is 23.7. The van der Waals surface area contributed by atoms with Crippen LogP contribution in [-0.4, -0.2) is 53.7 Å². The Hall–Kier alpha value is -4.35. The molecule has 0 bridgehead atoms. The van der Waals surface area contributed by atoms with Crippen molar-refractivity contribution in [1.29, 1.82) is 0 Å². The largest absolute Gasteiger partial charge is 0.457 e. The van der Waals surface area contributed by atoms with Crippen LogP contribution in [0.25, 0.3) is 10.9 Å². The zero-order chi connectivity index (χ0) is 30.1. The van der Waals surface area contributed by atoms with Crippen molar-refractivity contribution < 1.29 is 22.7 Å². The number of hydrogen-bond acceptors (Lipinski definition) is 7. The van der Waals surface area contributed by atoms with Gasteiger partial charge in [0, 0.05) is 35.8 Å². The molecule has 2 aliphatic rings. The minimum Gasteiger partial charge on any atom is -0.457 e. The molecule has 0 radical (unpaired) electrons. The molecule has 1 saturated heterocycles. The number of aromatic amines is 1. The smallest absolute Gasteiger partial charge is 0.341 e. The molecule has 1 aliphatic heterocycles. The third-order valence-corrected chi connectivity index (χ3v) is 10.3. The number of amides is 3. The van der Waals surface area contributed by atoms with Crippen molar-refractivity contribution in [3.8, 4) is 11.5 Å². The molecule has 4 aromatic rings. The minimum absolute atomic E-state index is 0.0543. The van der Waals surface area contributed by atoms with Crippen LogP contribution in [0, 0.1) is 11.8 Å². The van der Waals surface area contributed by atoms with Crippen LogP contribution in [-0.2, 0) is 21.2 Å². The molecule has 1 saturated carbocycles. The third-order valence-electron chi connectivity index (χ3n) is 8.50. The van der Waals surface area contributed by atoms with Gasteiger partial charge in [-0.3, -0.25) is 9.69 Å². The van der Waals surface area contributed by atoms with Gasteiger partial charge in [-0.2, -0.15) is 0 Å². The molecule has 2 heterocycles. The van der Waals surface area contributed by atoms with E-state index in [1.54, 1.807) is 30.5 Å². The lowest BCUT2D eigenvalue weighted by atomic mass is 9.81. The Balaban J connectivity index is 1.30. The van der Waals surface area contributed by atoms with E-state index in [-0.39, 0.29) is 23.8 Å². The number of nitrogens with zero attached hydrogens (tertiary/aromatic N) is 2. The molecule has 6 rings (SSSR count). The van der Waals surface area contributed by atoms with Crippen LogP contribution in [0.3, 0.4) is 0 Å². The molecule has 5 N–H and O–H groups in total. The lowest BCUT2D eigenvalue weighted by Crippen LogP contribution is -2.41. The lowest BCUT2D eigenvalue weighted by molar-refractivity contribution is -0.128. The molecule has 3 unspecified atom stereocenters. The van der Waals surface area contributed by atoms with E-state index < -0.39 is 28.0 Å². The predicted octanol–water partition coefficient (Wildman–Crippen LogP) is 4.87. The summed E-state index contributed by atoms with van der Waals surface area (Å²) >= 11 is 0. The first-order valence-corrected chi connectivity index (χ1v) is 16.0. The Labute approximate surface area is 250 Å². The fourth-order valence-electron chi connectivity index (χ4n) is 6.25. The summed E-state index contributed by atoms with van der Waals surface area (Å²) in [5.41, 5.74) is 13.9. The molecule has 3 aromatic carbocycles. The highest BCUT2D eigenvalue weighted by Crippen LogP contribution is 2.35. The summed E-state index contributed by atoms with van der Waals surface area (Å²) in [4.78, 5) is 32.0. The van der Waals surface area contributed by atoms with Crippen molar-refractivity contribution in [2.75, 3.05) is 18.8 Å². The van der Waals surface area contributed by atoms with Crippen LogP contribution in [0.4, 0.5) is 10.5 Å². The van der Waals surface area contributed by atoms with Gasteiger partial charge in [-0.1, -0.05) is 24.6 Å².